The molecule has 0 spiro atoms. The van der Waals surface area contributed by atoms with E-state index in [1.54, 1.807) is 0 Å². The monoisotopic (exact) mass is 292 g/mol. The summed E-state index contributed by atoms with van der Waals surface area (Å²) in [6, 6.07) is -0.639. The second-order valence-corrected chi connectivity index (χ2v) is 6.45. The first-order valence-corrected chi connectivity index (χ1v) is 8.22. The summed E-state index contributed by atoms with van der Waals surface area (Å²) in [4.78, 5) is 0. The van der Waals surface area contributed by atoms with Gasteiger partial charge in [0.1, 0.15) is 0 Å². The molecule has 0 amide bonds. The molecule has 0 aromatic heterocycles. The smallest absolute Gasteiger partial charge is 0.277 e. The summed E-state index contributed by atoms with van der Waals surface area (Å²) in [5.41, 5.74) is 5.63. The molecule has 0 aliphatic heterocycles. The van der Waals surface area contributed by atoms with Crippen molar-refractivity contribution < 1.29 is 13.6 Å². The maximum atomic E-state index is 11.8. The molecule has 8 heteroatoms. The van der Waals surface area contributed by atoms with Gasteiger partial charge in [-0.2, -0.15) is 13.1 Å². The highest BCUT2D eigenvalue weighted by atomic mass is 32.2. The number of rotatable bonds is 7. The molecular weight excluding hydrogens is 268 g/mol. The van der Waals surface area contributed by atoms with Gasteiger partial charge in [0.25, 0.3) is 10.2 Å². The van der Waals surface area contributed by atoms with Crippen molar-refractivity contribution in [3.8, 4) is 0 Å². The molecule has 1 saturated carbocycles. The molecule has 1 aliphatic rings. The largest absolute Gasteiger partial charge is 0.409 e. The van der Waals surface area contributed by atoms with Gasteiger partial charge in [0.05, 0.1) is 6.04 Å². The van der Waals surface area contributed by atoms with Gasteiger partial charge in [-0.3, -0.25) is 0 Å². The van der Waals surface area contributed by atoms with Gasteiger partial charge in [0.15, 0.2) is 5.84 Å². The summed E-state index contributed by atoms with van der Waals surface area (Å²) >= 11 is 0. The minimum atomic E-state index is -3.62. The molecule has 0 saturated heterocycles. The van der Waals surface area contributed by atoms with Gasteiger partial charge in [-0.25, -0.2) is 4.72 Å². The van der Waals surface area contributed by atoms with Crippen LogP contribution < -0.4 is 15.2 Å². The SMILES string of the molecule is CCCNS(=O)(=O)NC(C(N)=NO)C1CCCCC1. The summed E-state index contributed by atoms with van der Waals surface area (Å²) < 4.78 is 28.6. The number of hydrogen-bond donors (Lipinski definition) is 4. The quantitative estimate of drug-likeness (QED) is 0.237. The van der Waals surface area contributed by atoms with Crippen molar-refractivity contribution >= 4 is 16.0 Å². The Hall–Kier alpha value is -0.860. The Bertz CT molecular complexity index is 391. The average molecular weight is 292 g/mol. The second kappa shape index (κ2) is 7.66. The van der Waals surface area contributed by atoms with Crippen LogP contribution in [0.5, 0.6) is 0 Å². The van der Waals surface area contributed by atoms with E-state index in [0.717, 1.165) is 32.1 Å². The van der Waals surface area contributed by atoms with Crippen LogP contribution in [0.15, 0.2) is 5.16 Å². The third-order valence-electron chi connectivity index (χ3n) is 3.38. The lowest BCUT2D eigenvalue weighted by molar-refractivity contribution is 0.297. The Morgan fingerprint density at radius 2 is 2.05 bits per heavy atom. The van der Waals surface area contributed by atoms with Crippen LogP contribution in [-0.2, 0) is 10.2 Å². The number of nitrogens with zero attached hydrogens (tertiary/aromatic N) is 1. The lowest BCUT2D eigenvalue weighted by Gasteiger charge is -2.29. The zero-order valence-corrected chi connectivity index (χ0v) is 12.1. The van der Waals surface area contributed by atoms with Crippen LogP contribution in [0.2, 0.25) is 0 Å². The molecule has 0 aromatic carbocycles. The van der Waals surface area contributed by atoms with Gasteiger partial charge >= 0.3 is 0 Å². The number of nitrogens with two attached hydrogens (primary N) is 1. The van der Waals surface area contributed by atoms with Gasteiger partial charge in [0.2, 0.25) is 0 Å². The second-order valence-electron chi connectivity index (χ2n) is 4.92. The molecule has 1 unspecified atom stereocenters. The van der Waals surface area contributed by atoms with Gasteiger partial charge in [-0.15, -0.1) is 0 Å². The summed E-state index contributed by atoms with van der Waals surface area (Å²) in [6.45, 7) is 2.24. The summed E-state index contributed by atoms with van der Waals surface area (Å²) in [5.74, 6) is 0.0108. The molecule has 0 radical (unpaired) electrons. The van der Waals surface area contributed by atoms with Crippen LogP contribution in [0, 0.1) is 5.92 Å². The number of hydrogen-bond acceptors (Lipinski definition) is 4. The Kier molecular flexibility index (Phi) is 6.53. The molecule has 1 aliphatic carbocycles. The lowest BCUT2D eigenvalue weighted by Crippen LogP contribution is -2.52. The summed E-state index contributed by atoms with van der Waals surface area (Å²) in [6.07, 6.45) is 5.72. The predicted octanol–water partition coefficient (Wildman–Crippen LogP) is 0.516. The van der Waals surface area contributed by atoms with Crippen LogP contribution in [-0.4, -0.2) is 32.0 Å². The van der Waals surface area contributed by atoms with Gasteiger partial charge in [-0.1, -0.05) is 31.3 Å². The molecule has 1 atom stereocenters. The molecule has 0 bridgehead atoms. The van der Waals surface area contributed by atoms with E-state index in [4.69, 9.17) is 10.9 Å². The molecule has 1 fully saturated rings. The van der Waals surface area contributed by atoms with Crippen molar-refractivity contribution in [2.45, 2.75) is 51.5 Å². The summed E-state index contributed by atoms with van der Waals surface area (Å²) in [7, 11) is -3.62. The zero-order chi connectivity index (χ0) is 14.3. The van der Waals surface area contributed by atoms with Crippen LogP contribution in [0.4, 0.5) is 0 Å². The Labute approximate surface area is 114 Å². The van der Waals surface area contributed by atoms with E-state index in [0.29, 0.717) is 13.0 Å². The first-order chi connectivity index (χ1) is 9.00. The van der Waals surface area contributed by atoms with E-state index in [-0.39, 0.29) is 11.8 Å². The average Bonchev–Trinajstić information content (AvgIpc) is 2.43. The molecule has 112 valence electrons. The van der Waals surface area contributed by atoms with E-state index >= 15 is 0 Å². The van der Waals surface area contributed by atoms with E-state index in [1.165, 1.54) is 0 Å². The van der Waals surface area contributed by atoms with E-state index in [1.807, 2.05) is 6.92 Å². The number of oxime groups is 1. The van der Waals surface area contributed by atoms with Crippen LogP contribution in [0.25, 0.3) is 0 Å². The van der Waals surface area contributed by atoms with Crippen molar-refractivity contribution in [2.24, 2.45) is 16.8 Å². The molecule has 7 nitrogen and oxygen atoms in total. The van der Waals surface area contributed by atoms with Crippen molar-refractivity contribution in [2.75, 3.05) is 6.54 Å². The standard InChI is InChI=1S/C11H24N4O3S/c1-2-8-13-19(17,18)15-10(11(12)14-16)9-6-4-3-5-7-9/h9-10,13,15-16H,2-8H2,1H3,(H2,12,14). The molecule has 0 aromatic rings. The molecule has 1 rings (SSSR count). The highest BCUT2D eigenvalue weighted by molar-refractivity contribution is 7.87. The maximum absolute atomic E-state index is 11.8. The normalized spacial score (nSPS) is 20.4. The first kappa shape index (κ1) is 16.2. The van der Waals surface area contributed by atoms with Crippen LogP contribution >= 0.6 is 0 Å². The fourth-order valence-corrected chi connectivity index (χ4v) is 3.58. The maximum Gasteiger partial charge on any atom is 0.277 e. The number of amidine groups is 1. The minimum absolute atomic E-state index is 0.0752. The lowest BCUT2D eigenvalue weighted by atomic mass is 9.84. The predicted molar refractivity (Wildman–Crippen MR) is 74.1 cm³/mol. The van der Waals surface area contributed by atoms with Crippen molar-refractivity contribution in [1.29, 1.82) is 0 Å². The molecule has 0 heterocycles. The number of nitrogens with one attached hydrogen (secondary N) is 2. The summed E-state index contributed by atoms with van der Waals surface area (Å²) in [5, 5.41) is 11.8. The van der Waals surface area contributed by atoms with E-state index in [2.05, 4.69) is 14.6 Å². The van der Waals surface area contributed by atoms with Crippen molar-refractivity contribution in [1.82, 2.24) is 9.44 Å². The highest BCUT2D eigenvalue weighted by Gasteiger charge is 2.30. The Balaban J connectivity index is 2.74. The van der Waals surface area contributed by atoms with Crippen LogP contribution in [0.1, 0.15) is 45.4 Å². The molecular formula is C11H24N4O3S. The third kappa shape index (κ3) is 5.33. The van der Waals surface area contributed by atoms with Gasteiger partial charge in [-0.05, 0) is 25.2 Å². The fourth-order valence-electron chi connectivity index (χ4n) is 2.37. The molecule has 19 heavy (non-hydrogen) atoms. The fraction of sp³-hybridized carbons (Fsp3) is 0.909. The topological polar surface area (TPSA) is 117 Å². The Morgan fingerprint density at radius 1 is 1.42 bits per heavy atom. The first-order valence-electron chi connectivity index (χ1n) is 6.74. The Morgan fingerprint density at radius 3 is 2.58 bits per heavy atom. The molecule has 5 N–H and O–H groups in total. The van der Waals surface area contributed by atoms with Crippen molar-refractivity contribution in [3.63, 3.8) is 0 Å². The van der Waals surface area contributed by atoms with Gasteiger partial charge < -0.3 is 10.9 Å². The van der Waals surface area contributed by atoms with Crippen molar-refractivity contribution in [3.05, 3.63) is 0 Å². The van der Waals surface area contributed by atoms with E-state index in [9.17, 15) is 8.42 Å². The van der Waals surface area contributed by atoms with E-state index < -0.39 is 16.3 Å². The highest BCUT2D eigenvalue weighted by Crippen LogP contribution is 2.26. The minimum Gasteiger partial charge on any atom is -0.409 e. The van der Waals surface area contributed by atoms with Gasteiger partial charge in [0, 0.05) is 6.54 Å². The zero-order valence-electron chi connectivity index (χ0n) is 11.3. The van der Waals surface area contributed by atoms with Crippen LogP contribution in [0.3, 0.4) is 0 Å². The third-order valence-corrected chi connectivity index (χ3v) is 4.53.